The summed E-state index contributed by atoms with van der Waals surface area (Å²) in [5.41, 5.74) is 2.31. The lowest BCUT2D eigenvalue weighted by Crippen LogP contribution is -1.90. The monoisotopic (exact) mass is 456 g/mol. The van der Waals surface area contributed by atoms with Crippen LogP contribution >= 0.6 is 70.7 Å². The van der Waals surface area contributed by atoms with Crippen LogP contribution in [0.25, 0.3) is 0 Å². The molecule has 0 aliphatic heterocycles. The first-order chi connectivity index (χ1) is 7.97. The number of hydrogen-bond acceptors (Lipinski definition) is 1. The van der Waals surface area contributed by atoms with Crippen LogP contribution in [0.2, 0.25) is 0 Å². The minimum Gasteiger partial charge on any atom is -0.131 e. The molecule has 1 aromatic heterocycles. The van der Waals surface area contributed by atoms with E-state index in [-0.39, 0.29) is 5.38 Å². The Bertz CT molecular complexity index is 511. The fourth-order valence-electron chi connectivity index (χ4n) is 1.49. The Labute approximate surface area is 135 Å². The maximum absolute atomic E-state index is 6.51. The van der Waals surface area contributed by atoms with Gasteiger partial charge in [-0.05, 0) is 58.2 Å². The standard InChI is InChI=1S/C12H8Br3ClS/c1-6-2-10(17-12(6)15)11(16)7-3-8(13)5-9(14)4-7/h2-5,11H,1H3. The number of halogens is 4. The van der Waals surface area contributed by atoms with E-state index in [1.807, 2.05) is 18.2 Å². The molecule has 2 rings (SSSR count). The van der Waals surface area contributed by atoms with Crippen LogP contribution in [-0.4, -0.2) is 0 Å². The molecule has 0 amide bonds. The lowest BCUT2D eigenvalue weighted by molar-refractivity contribution is 1.17. The Morgan fingerprint density at radius 2 is 1.65 bits per heavy atom. The van der Waals surface area contributed by atoms with Crippen molar-refractivity contribution in [1.29, 1.82) is 0 Å². The summed E-state index contributed by atoms with van der Waals surface area (Å²) in [6.45, 7) is 2.07. The second-order valence-electron chi connectivity index (χ2n) is 3.67. The van der Waals surface area contributed by atoms with Gasteiger partial charge in [0.05, 0.1) is 9.16 Å². The molecule has 1 atom stereocenters. The topological polar surface area (TPSA) is 0 Å². The highest BCUT2D eigenvalue weighted by Gasteiger charge is 2.15. The molecule has 0 saturated heterocycles. The number of benzene rings is 1. The molecule has 1 unspecified atom stereocenters. The zero-order valence-electron chi connectivity index (χ0n) is 8.81. The Balaban J connectivity index is 2.39. The van der Waals surface area contributed by atoms with Crippen molar-refractivity contribution in [3.63, 3.8) is 0 Å². The maximum Gasteiger partial charge on any atom is 0.0929 e. The van der Waals surface area contributed by atoms with E-state index in [2.05, 4.69) is 60.8 Å². The Kier molecular flexibility index (Phi) is 4.75. The van der Waals surface area contributed by atoms with Crippen molar-refractivity contribution in [2.24, 2.45) is 0 Å². The third-order valence-electron chi connectivity index (χ3n) is 2.30. The number of thiophene rings is 1. The van der Waals surface area contributed by atoms with Crippen molar-refractivity contribution < 1.29 is 0 Å². The summed E-state index contributed by atoms with van der Waals surface area (Å²) in [4.78, 5) is 1.15. The first-order valence-corrected chi connectivity index (χ1v) is 8.46. The first-order valence-electron chi connectivity index (χ1n) is 4.83. The largest absolute Gasteiger partial charge is 0.131 e. The van der Waals surface area contributed by atoms with Crippen molar-refractivity contribution in [3.05, 3.63) is 53.0 Å². The van der Waals surface area contributed by atoms with Gasteiger partial charge in [-0.25, -0.2) is 0 Å². The molecule has 0 nitrogen and oxygen atoms in total. The highest BCUT2D eigenvalue weighted by molar-refractivity contribution is 9.11. The van der Waals surface area contributed by atoms with Crippen LogP contribution in [0.15, 0.2) is 37.0 Å². The van der Waals surface area contributed by atoms with Crippen molar-refractivity contribution in [1.82, 2.24) is 0 Å². The summed E-state index contributed by atoms with van der Waals surface area (Å²) in [7, 11) is 0. The van der Waals surface area contributed by atoms with E-state index in [1.165, 1.54) is 5.56 Å². The number of rotatable bonds is 2. The highest BCUT2D eigenvalue weighted by Crippen LogP contribution is 2.39. The molecule has 5 heteroatoms. The van der Waals surface area contributed by atoms with Crippen LogP contribution in [0.1, 0.15) is 21.4 Å². The molecule has 17 heavy (non-hydrogen) atoms. The SMILES string of the molecule is Cc1cc(C(Cl)c2cc(Br)cc(Br)c2)sc1Br. The molecule has 1 aromatic carbocycles. The smallest absolute Gasteiger partial charge is 0.0929 e. The van der Waals surface area contributed by atoms with Crippen LogP contribution < -0.4 is 0 Å². The predicted octanol–water partition coefficient (Wildman–Crippen LogP) is 6.67. The molecule has 1 heterocycles. The molecule has 0 bridgehead atoms. The van der Waals surface area contributed by atoms with E-state index in [4.69, 9.17) is 11.6 Å². The fraction of sp³-hybridized carbons (Fsp3) is 0.167. The van der Waals surface area contributed by atoms with Gasteiger partial charge in [0, 0.05) is 13.8 Å². The van der Waals surface area contributed by atoms with E-state index in [0.29, 0.717) is 0 Å². The van der Waals surface area contributed by atoms with Gasteiger partial charge in [0.25, 0.3) is 0 Å². The zero-order valence-corrected chi connectivity index (χ0v) is 15.1. The summed E-state index contributed by atoms with van der Waals surface area (Å²) < 4.78 is 3.20. The molecule has 0 radical (unpaired) electrons. The lowest BCUT2D eigenvalue weighted by Gasteiger charge is -2.09. The molecule has 0 fully saturated rings. The summed E-state index contributed by atoms with van der Waals surface area (Å²) in [6, 6.07) is 8.22. The third-order valence-corrected chi connectivity index (χ3v) is 6.04. The lowest BCUT2D eigenvalue weighted by atomic mass is 10.1. The first kappa shape index (κ1) is 14.1. The molecule has 0 N–H and O–H groups in total. The Hall–Kier alpha value is 0.650. The van der Waals surface area contributed by atoms with E-state index >= 15 is 0 Å². The predicted molar refractivity (Wildman–Crippen MR) is 86.3 cm³/mol. The van der Waals surface area contributed by atoms with Gasteiger partial charge in [-0.2, -0.15) is 0 Å². The molecule has 0 spiro atoms. The molecule has 0 saturated carbocycles. The van der Waals surface area contributed by atoms with Crippen molar-refractivity contribution >= 4 is 70.7 Å². The van der Waals surface area contributed by atoms with Gasteiger partial charge in [0.2, 0.25) is 0 Å². The van der Waals surface area contributed by atoms with Crippen LogP contribution in [0.3, 0.4) is 0 Å². The minimum atomic E-state index is -0.112. The quantitative estimate of drug-likeness (QED) is 0.440. The van der Waals surface area contributed by atoms with Gasteiger partial charge in [-0.1, -0.05) is 31.9 Å². The van der Waals surface area contributed by atoms with Crippen molar-refractivity contribution in [3.8, 4) is 0 Å². The van der Waals surface area contributed by atoms with Crippen LogP contribution in [0.4, 0.5) is 0 Å². The molecule has 90 valence electrons. The van der Waals surface area contributed by atoms with E-state index in [1.54, 1.807) is 11.3 Å². The van der Waals surface area contributed by atoms with Gasteiger partial charge < -0.3 is 0 Å². The van der Waals surface area contributed by atoms with Crippen LogP contribution in [0, 0.1) is 6.92 Å². The van der Waals surface area contributed by atoms with Gasteiger partial charge in [-0.3, -0.25) is 0 Å². The fourth-order valence-corrected chi connectivity index (χ4v) is 4.72. The summed E-state index contributed by atoms with van der Waals surface area (Å²) in [6.07, 6.45) is 0. The maximum atomic E-state index is 6.51. The van der Waals surface area contributed by atoms with Crippen LogP contribution in [-0.2, 0) is 0 Å². The highest BCUT2D eigenvalue weighted by atomic mass is 79.9. The number of hydrogen-bond donors (Lipinski definition) is 0. The second-order valence-corrected chi connectivity index (χ2v) is 8.34. The molecule has 0 aliphatic rings. The van der Waals surface area contributed by atoms with Gasteiger partial charge >= 0.3 is 0 Å². The third kappa shape index (κ3) is 3.35. The van der Waals surface area contributed by atoms with Crippen molar-refractivity contribution in [2.45, 2.75) is 12.3 Å². The van der Waals surface area contributed by atoms with Crippen molar-refractivity contribution in [2.75, 3.05) is 0 Å². The van der Waals surface area contributed by atoms with E-state index < -0.39 is 0 Å². The number of alkyl halides is 1. The minimum absolute atomic E-state index is 0.112. The second kappa shape index (κ2) is 5.74. The Morgan fingerprint density at radius 3 is 2.12 bits per heavy atom. The summed E-state index contributed by atoms with van der Waals surface area (Å²) >= 11 is 18.7. The van der Waals surface area contributed by atoms with Gasteiger partial charge in [0.1, 0.15) is 0 Å². The average molecular weight is 459 g/mol. The Morgan fingerprint density at radius 1 is 1.06 bits per heavy atom. The summed E-state index contributed by atoms with van der Waals surface area (Å²) in [5, 5.41) is -0.112. The van der Waals surface area contributed by atoms with Gasteiger partial charge in [0.15, 0.2) is 0 Å². The summed E-state index contributed by atoms with van der Waals surface area (Å²) in [5.74, 6) is 0. The molecular weight excluding hydrogens is 451 g/mol. The molecular formula is C12H8Br3ClS. The van der Waals surface area contributed by atoms with E-state index in [9.17, 15) is 0 Å². The zero-order chi connectivity index (χ0) is 12.6. The average Bonchev–Trinajstić information content (AvgIpc) is 2.57. The molecule has 0 aliphatic carbocycles. The molecule has 2 aromatic rings. The van der Waals surface area contributed by atoms with Crippen LogP contribution in [0.5, 0.6) is 0 Å². The number of aryl methyl sites for hydroxylation is 1. The van der Waals surface area contributed by atoms with E-state index in [0.717, 1.165) is 23.2 Å². The normalized spacial score (nSPS) is 12.8. The van der Waals surface area contributed by atoms with Gasteiger partial charge in [-0.15, -0.1) is 22.9 Å².